The minimum atomic E-state index is -3.02. The molecule has 1 aliphatic rings. The number of hydrogen-bond donors (Lipinski definition) is 1. The summed E-state index contributed by atoms with van der Waals surface area (Å²) in [6.45, 7) is 0. The first-order valence-corrected chi connectivity index (χ1v) is 8.04. The molecule has 6 heteroatoms. The number of hydrogen-bond acceptors (Lipinski definition) is 4. The van der Waals surface area contributed by atoms with E-state index in [4.69, 9.17) is 13.3 Å². The fourth-order valence-electron chi connectivity index (χ4n) is 2.15. The summed E-state index contributed by atoms with van der Waals surface area (Å²) in [7, 11) is 1.37. The highest BCUT2D eigenvalue weighted by Crippen LogP contribution is 2.24. The molecule has 1 aliphatic carbocycles. The van der Waals surface area contributed by atoms with Crippen molar-refractivity contribution in [3.8, 4) is 0 Å². The van der Waals surface area contributed by atoms with Gasteiger partial charge in [0, 0.05) is 21.3 Å². The van der Waals surface area contributed by atoms with Crippen LogP contribution in [0, 0.1) is 5.92 Å². The first-order chi connectivity index (χ1) is 8.65. The van der Waals surface area contributed by atoms with Crippen LogP contribution in [0.1, 0.15) is 32.1 Å². The number of amides is 1. The summed E-state index contributed by atoms with van der Waals surface area (Å²) >= 11 is 0. The van der Waals surface area contributed by atoms with E-state index in [9.17, 15) is 4.79 Å². The fourth-order valence-corrected chi connectivity index (χ4v) is 3.34. The Morgan fingerprint density at radius 3 is 2.17 bits per heavy atom. The third-order valence-electron chi connectivity index (χ3n) is 3.25. The lowest BCUT2D eigenvalue weighted by Crippen LogP contribution is -2.58. The Morgan fingerprint density at radius 2 is 1.67 bits per heavy atom. The van der Waals surface area contributed by atoms with E-state index in [2.05, 4.69) is 4.98 Å². The van der Waals surface area contributed by atoms with E-state index in [0.717, 1.165) is 0 Å². The van der Waals surface area contributed by atoms with Crippen molar-refractivity contribution in [2.24, 2.45) is 5.92 Å². The van der Waals surface area contributed by atoms with Gasteiger partial charge in [0.25, 0.3) is 0 Å². The maximum Gasteiger partial charge on any atom is 0.632 e. The van der Waals surface area contributed by atoms with E-state index in [-0.39, 0.29) is 5.91 Å². The Kier molecular flexibility index (Phi) is 6.55. The molecule has 0 aliphatic heterocycles. The molecule has 1 N–H and O–H groups in total. The molecular formula is C12H23NO4Si. The van der Waals surface area contributed by atoms with Gasteiger partial charge >= 0.3 is 8.97 Å². The van der Waals surface area contributed by atoms with E-state index >= 15 is 0 Å². The number of carbonyl (C=O) groups is 1. The summed E-state index contributed by atoms with van der Waals surface area (Å²) in [6.07, 6.45) is 9.70. The SMILES string of the molecule is CO[Si](NC(=O)C=CC1CCCCC1)(OC)OC. The summed E-state index contributed by atoms with van der Waals surface area (Å²) < 4.78 is 15.4. The zero-order valence-electron chi connectivity index (χ0n) is 11.4. The molecule has 1 fully saturated rings. The summed E-state index contributed by atoms with van der Waals surface area (Å²) in [6, 6.07) is 0. The van der Waals surface area contributed by atoms with Crippen molar-refractivity contribution in [3.63, 3.8) is 0 Å². The molecule has 0 spiro atoms. The topological polar surface area (TPSA) is 56.8 Å². The van der Waals surface area contributed by atoms with Crippen LogP contribution < -0.4 is 4.98 Å². The van der Waals surface area contributed by atoms with Crippen LogP contribution in [0.2, 0.25) is 0 Å². The van der Waals surface area contributed by atoms with Crippen molar-refractivity contribution in [2.75, 3.05) is 21.3 Å². The van der Waals surface area contributed by atoms with E-state index < -0.39 is 8.97 Å². The molecule has 0 radical (unpaired) electrons. The summed E-state index contributed by atoms with van der Waals surface area (Å²) in [5, 5.41) is 0. The van der Waals surface area contributed by atoms with Crippen LogP contribution in [0.4, 0.5) is 0 Å². The predicted octanol–water partition coefficient (Wildman–Crippen LogP) is 1.61. The molecule has 1 rings (SSSR count). The van der Waals surface area contributed by atoms with Gasteiger partial charge in [0.1, 0.15) is 0 Å². The van der Waals surface area contributed by atoms with Gasteiger partial charge in [-0.25, -0.2) is 0 Å². The van der Waals surface area contributed by atoms with Crippen molar-refractivity contribution in [1.82, 2.24) is 4.98 Å². The standard InChI is InChI=1S/C12H23NO4Si/c1-15-18(16-2,17-3)13-12(14)10-9-11-7-5-4-6-8-11/h9-11H,4-8H2,1-3H3,(H,13,14). The molecule has 0 aromatic carbocycles. The Hall–Kier alpha value is -0.693. The molecule has 0 aromatic rings. The van der Waals surface area contributed by atoms with Gasteiger partial charge in [-0.05, 0) is 24.8 Å². The molecule has 0 atom stereocenters. The van der Waals surface area contributed by atoms with Gasteiger partial charge in [0.2, 0.25) is 5.91 Å². The first-order valence-electron chi connectivity index (χ1n) is 6.31. The van der Waals surface area contributed by atoms with Crippen LogP contribution in [0.25, 0.3) is 0 Å². The Balaban J connectivity index is 2.46. The Bertz CT molecular complexity index is 278. The summed E-state index contributed by atoms with van der Waals surface area (Å²) in [5.74, 6) is 0.297. The average molecular weight is 273 g/mol. The maximum atomic E-state index is 11.8. The van der Waals surface area contributed by atoms with Crippen molar-refractivity contribution in [2.45, 2.75) is 32.1 Å². The Labute approximate surface area is 110 Å². The van der Waals surface area contributed by atoms with Crippen LogP contribution in [0.3, 0.4) is 0 Å². The number of allylic oxidation sites excluding steroid dienone is 1. The smallest absolute Gasteiger partial charge is 0.360 e. The third kappa shape index (κ3) is 4.53. The number of carbonyl (C=O) groups excluding carboxylic acids is 1. The summed E-state index contributed by atoms with van der Waals surface area (Å²) in [5.41, 5.74) is 0. The van der Waals surface area contributed by atoms with E-state index in [1.54, 1.807) is 6.08 Å². The van der Waals surface area contributed by atoms with Gasteiger partial charge in [0.15, 0.2) is 0 Å². The van der Waals surface area contributed by atoms with Crippen molar-refractivity contribution >= 4 is 14.9 Å². The van der Waals surface area contributed by atoms with Gasteiger partial charge in [-0.2, -0.15) is 0 Å². The lowest BCUT2D eigenvalue weighted by molar-refractivity contribution is -0.116. The number of rotatable bonds is 6. The van der Waals surface area contributed by atoms with E-state index in [1.165, 1.54) is 53.4 Å². The minimum absolute atomic E-state index is 0.224. The summed E-state index contributed by atoms with van der Waals surface area (Å²) in [4.78, 5) is 14.4. The molecule has 1 amide bonds. The molecule has 1 saturated carbocycles. The van der Waals surface area contributed by atoms with Crippen LogP contribution in [-0.2, 0) is 18.1 Å². The molecule has 104 valence electrons. The van der Waals surface area contributed by atoms with Gasteiger partial charge in [-0.15, -0.1) is 0 Å². The first kappa shape index (κ1) is 15.4. The monoisotopic (exact) mass is 273 g/mol. The fraction of sp³-hybridized carbons (Fsp3) is 0.750. The van der Waals surface area contributed by atoms with Crippen LogP contribution in [0.5, 0.6) is 0 Å². The van der Waals surface area contributed by atoms with Gasteiger partial charge < -0.3 is 18.3 Å². The van der Waals surface area contributed by atoms with Gasteiger partial charge in [-0.1, -0.05) is 25.3 Å². The molecule has 0 heterocycles. The minimum Gasteiger partial charge on any atom is -0.360 e. The highest BCUT2D eigenvalue weighted by atomic mass is 28.4. The molecule has 18 heavy (non-hydrogen) atoms. The van der Waals surface area contributed by atoms with E-state index in [0.29, 0.717) is 5.92 Å². The second-order valence-electron chi connectivity index (χ2n) is 4.42. The van der Waals surface area contributed by atoms with E-state index in [1.807, 2.05) is 6.08 Å². The zero-order chi connectivity index (χ0) is 13.4. The quantitative estimate of drug-likeness (QED) is 0.590. The van der Waals surface area contributed by atoms with Crippen molar-refractivity contribution < 1.29 is 18.1 Å². The molecule has 0 aromatic heterocycles. The molecule has 0 saturated heterocycles. The van der Waals surface area contributed by atoms with Crippen LogP contribution in [-0.4, -0.2) is 36.2 Å². The van der Waals surface area contributed by atoms with Crippen LogP contribution in [0.15, 0.2) is 12.2 Å². The zero-order valence-corrected chi connectivity index (χ0v) is 12.4. The number of nitrogens with one attached hydrogen (secondary N) is 1. The molecule has 5 nitrogen and oxygen atoms in total. The predicted molar refractivity (Wildman–Crippen MR) is 70.6 cm³/mol. The molecule has 0 bridgehead atoms. The van der Waals surface area contributed by atoms with Crippen LogP contribution >= 0.6 is 0 Å². The third-order valence-corrected chi connectivity index (χ3v) is 5.42. The lowest BCUT2D eigenvalue weighted by Gasteiger charge is -2.23. The second kappa shape index (κ2) is 7.68. The highest BCUT2D eigenvalue weighted by molar-refractivity contribution is 6.61. The average Bonchev–Trinajstić information content (AvgIpc) is 2.44. The lowest BCUT2D eigenvalue weighted by atomic mass is 9.89. The normalized spacial score (nSPS) is 18.2. The molecular weight excluding hydrogens is 250 g/mol. The van der Waals surface area contributed by atoms with Gasteiger partial charge in [0.05, 0.1) is 0 Å². The van der Waals surface area contributed by atoms with Crippen molar-refractivity contribution in [3.05, 3.63) is 12.2 Å². The van der Waals surface area contributed by atoms with Gasteiger partial charge in [-0.3, -0.25) is 4.79 Å². The Morgan fingerprint density at radius 1 is 1.11 bits per heavy atom. The second-order valence-corrected chi connectivity index (χ2v) is 7.00. The molecule has 0 unspecified atom stereocenters. The van der Waals surface area contributed by atoms with Crippen molar-refractivity contribution in [1.29, 1.82) is 0 Å². The largest absolute Gasteiger partial charge is 0.632 e. The maximum absolute atomic E-state index is 11.8. The highest BCUT2D eigenvalue weighted by Gasteiger charge is 2.41.